The van der Waals surface area contributed by atoms with Crippen LogP contribution in [0.5, 0.6) is 17.2 Å². The molecule has 0 fully saturated rings. The quantitative estimate of drug-likeness (QED) is 0.721. The van der Waals surface area contributed by atoms with E-state index in [1.807, 2.05) is 36.4 Å². The van der Waals surface area contributed by atoms with Gasteiger partial charge in [0.15, 0.2) is 17.3 Å². The van der Waals surface area contributed by atoms with Crippen LogP contribution >= 0.6 is 0 Å². The molecule has 3 rings (SSSR count). The van der Waals surface area contributed by atoms with E-state index >= 15 is 0 Å². The molecule has 2 N–H and O–H groups in total. The summed E-state index contributed by atoms with van der Waals surface area (Å²) < 4.78 is 21.6. The fourth-order valence-electron chi connectivity index (χ4n) is 2.53. The van der Waals surface area contributed by atoms with Crippen LogP contribution in [0.3, 0.4) is 0 Å². The fourth-order valence-corrected chi connectivity index (χ4v) is 2.53. The van der Waals surface area contributed by atoms with Crippen molar-refractivity contribution in [3.05, 3.63) is 42.6 Å². The van der Waals surface area contributed by atoms with E-state index in [1.165, 1.54) is 0 Å². The molecule has 0 unspecified atom stereocenters. The van der Waals surface area contributed by atoms with Gasteiger partial charge >= 0.3 is 0 Å². The maximum atomic E-state index is 5.75. The number of hydrogen-bond acceptors (Lipinski definition) is 6. The second kappa shape index (κ2) is 6.54. The molecule has 0 saturated heterocycles. The Kier molecular flexibility index (Phi) is 4.29. The van der Waals surface area contributed by atoms with Crippen LogP contribution in [-0.2, 0) is 0 Å². The maximum Gasteiger partial charge on any atom is 0.203 e. The van der Waals surface area contributed by atoms with Crippen molar-refractivity contribution in [3.8, 4) is 39.7 Å². The van der Waals surface area contributed by atoms with E-state index in [2.05, 4.69) is 5.16 Å². The van der Waals surface area contributed by atoms with Crippen molar-refractivity contribution < 1.29 is 18.7 Å². The van der Waals surface area contributed by atoms with Gasteiger partial charge in [-0.05, 0) is 29.8 Å². The number of anilines is 1. The third-order valence-electron chi connectivity index (χ3n) is 3.72. The fraction of sp³-hybridized carbons (Fsp3) is 0.167. The lowest BCUT2D eigenvalue weighted by Gasteiger charge is -2.13. The summed E-state index contributed by atoms with van der Waals surface area (Å²) in [6.07, 6.45) is 1.67. The molecule has 1 aromatic heterocycles. The lowest BCUT2D eigenvalue weighted by atomic mass is 10.0. The van der Waals surface area contributed by atoms with E-state index in [0.717, 1.165) is 16.7 Å². The van der Waals surface area contributed by atoms with E-state index in [-0.39, 0.29) is 0 Å². The molecule has 3 aromatic rings. The first kappa shape index (κ1) is 15.7. The number of methoxy groups -OCH3 is 3. The van der Waals surface area contributed by atoms with Gasteiger partial charge in [0.1, 0.15) is 0 Å². The minimum Gasteiger partial charge on any atom is -0.493 e. The van der Waals surface area contributed by atoms with Gasteiger partial charge in [-0.2, -0.15) is 0 Å². The summed E-state index contributed by atoms with van der Waals surface area (Å²) in [6.45, 7) is 0. The highest BCUT2D eigenvalue weighted by molar-refractivity contribution is 5.81. The van der Waals surface area contributed by atoms with Gasteiger partial charge in [0.05, 0.1) is 27.5 Å². The standard InChI is InChI=1S/C18H18N2O4/c1-21-15-8-12(9-16(22-2)18(15)23-3)17-14(10-20-24-17)11-4-6-13(19)7-5-11/h4-10H,19H2,1-3H3. The second-order valence-electron chi connectivity index (χ2n) is 5.10. The molecule has 6 heteroatoms. The monoisotopic (exact) mass is 326 g/mol. The minimum absolute atomic E-state index is 0.525. The van der Waals surface area contributed by atoms with Crippen LogP contribution in [0, 0.1) is 0 Å². The predicted octanol–water partition coefficient (Wildman–Crippen LogP) is 3.62. The zero-order chi connectivity index (χ0) is 17.1. The Labute approximate surface area is 139 Å². The highest BCUT2D eigenvalue weighted by Crippen LogP contribution is 2.43. The summed E-state index contributed by atoms with van der Waals surface area (Å²) in [5, 5.41) is 3.93. The minimum atomic E-state index is 0.525. The van der Waals surface area contributed by atoms with Crippen LogP contribution in [0.1, 0.15) is 0 Å². The molecule has 0 amide bonds. The number of rotatable bonds is 5. The van der Waals surface area contributed by atoms with Crippen molar-refractivity contribution >= 4 is 5.69 Å². The first-order valence-corrected chi connectivity index (χ1v) is 7.29. The van der Waals surface area contributed by atoms with Gasteiger partial charge in [-0.3, -0.25) is 0 Å². The molecule has 24 heavy (non-hydrogen) atoms. The van der Waals surface area contributed by atoms with E-state index in [9.17, 15) is 0 Å². The summed E-state index contributed by atoms with van der Waals surface area (Å²) in [4.78, 5) is 0. The zero-order valence-corrected chi connectivity index (χ0v) is 13.7. The first-order chi connectivity index (χ1) is 11.7. The van der Waals surface area contributed by atoms with Gasteiger partial charge in [-0.15, -0.1) is 0 Å². The number of hydrogen-bond donors (Lipinski definition) is 1. The van der Waals surface area contributed by atoms with Crippen molar-refractivity contribution in [2.75, 3.05) is 27.1 Å². The molecule has 0 aliphatic heterocycles. The Balaban J connectivity index is 2.14. The maximum absolute atomic E-state index is 5.75. The van der Waals surface area contributed by atoms with Gasteiger partial charge in [-0.25, -0.2) is 0 Å². The second-order valence-corrected chi connectivity index (χ2v) is 5.10. The molecule has 124 valence electrons. The zero-order valence-electron chi connectivity index (χ0n) is 13.7. The lowest BCUT2D eigenvalue weighted by Crippen LogP contribution is -1.95. The molecular formula is C18H18N2O4. The van der Waals surface area contributed by atoms with Crippen LogP contribution in [0.4, 0.5) is 5.69 Å². The van der Waals surface area contributed by atoms with Crippen molar-refractivity contribution in [1.82, 2.24) is 5.16 Å². The Morgan fingerprint density at radius 3 is 2.04 bits per heavy atom. The smallest absolute Gasteiger partial charge is 0.203 e. The third kappa shape index (κ3) is 2.74. The number of nitrogen functional groups attached to an aromatic ring is 1. The Morgan fingerprint density at radius 1 is 0.875 bits per heavy atom. The van der Waals surface area contributed by atoms with Crippen molar-refractivity contribution in [1.29, 1.82) is 0 Å². The van der Waals surface area contributed by atoms with Crippen LogP contribution in [0.15, 0.2) is 47.1 Å². The SMILES string of the molecule is COc1cc(-c2oncc2-c2ccc(N)cc2)cc(OC)c1OC. The number of nitrogens with zero attached hydrogens (tertiary/aromatic N) is 1. The molecule has 0 aliphatic carbocycles. The van der Waals surface area contributed by atoms with Gasteiger partial charge in [0.2, 0.25) is 5.75 Å². The molecule has 1 heterocycles. The summed E-state index contributed by atoms with van der Waals surface area (Å²) in [6, 6.07) is 11.2. The van der Waals surface area contributed by atoms with Crippen molar-refractivity contribution in [2.45, 2.75) is 0 Å². The Hall–Kier alpha value is -3.15. The predicted molar refractivity (Wildman–Crippen MR) is 91.4 cm³/mol. The average Bonchev–Trinajstić information content (AvgIpc) is 3.10. The molecule has 6 nitrogen and oxygen atoms in total. The number of nitrogens with two attached hydrogens (primary N) is 1. The molecule has 0 saturated carbocycles. The highest BCUT2D eigenvalue weighted by Gasteiger charge is 2.19. The number of benzene rings is 2. The van der Waals surface area contributed by atoms with Gasteiger partial charge in [-0.1, -0.05) is 17.3 Å². The Morgan fingerprint density at radius 2 is 1.50 bits per heavy atom. The molecule has 0 radical (unpaired) electrons. The molecule has 0 bridgehead atoms. The molecular weight excluding hydrogens is 308 g/mol. The largest absolute Gasteiger partial charge is 0.493 e. The Bertz CT molecular complexity index is 815. The molecule has 2 aromatic carbocycles. The van der Waals surface area contributed by atoms with Crippen LogP contribution in [0.25, 0.3) is 22.5 Å². The van der Waals surface area contributed by atoms with E-state index in [0.29, 0.717) is 28.7 Å². The summed E-state index contributed by atoms with van der Waals surface area (Å²) in [5.41, 5.74) is 9.03. The highest BCUT2D eigenvalue weighted by atomic mass is 16.5. The van der Waals surface area contributed by atoms with Gasteiger partial charge in [0, 0.05) is 16.8 Å². The van der Waals surface area contributed by atoms with E-state index < -0.39 is 0 Å². The molecule has 0 spiro atoms. The topological polar surface area (TPSA) is 79.7 Å². The lowest BCUT2D eigenvalue weighted by molar-refractivity contribution is 0.324. The van der Waals surface area contributed by atoms with Crippen molar-refractivity contribution in [3.63, 3.8) is 0 Å². The van der Waals surface area contributed by atoms with Gasteiger partial charge < -0.3 is 24.5 Å². The summed E-state index contributed by atoms with van der Waals surface area (Å²) in [7, 11) is 4.71. The number of aromatic nitrogens is 1. The summed E-state index contributed by atoms with van der Waals surface area (Å²) >= 11 is 0. The van der Waals surface area contributed by atoms with Crippen LogP contribution in [-0.4, -0.2) is 26.5 Å². The molecule has 0 aliphatic rings. The summed E-state index contributed by atoms with van der Waals surface area (Å²) in [5.74, 6) is 2.23. The average molecular weight is 326 g/mol. The molecule has 0 atom stereocenters. The first-order valence-electron chi connectivity index (χ1n) is 7.29. The normalized spacial score (nSPS) is 10.5. The van der Waals surface area contributed by atoms with E-state index in [4.69, 9.17) is 24.5 Å². The van der Waals surface area contributed by atoms with Gasteiger partial charge in [0.25, 0.3) is 0 Å². The van der Waals surface area contributed by atoms with Crippen LogP contribution in [0.2, 0.25) is 0 Å². The number of ether oxygens (including phenoxy) is 3. The third-order valence-corrected chi connectivity index (χ3v) is 3.72. The van der Waals surface area contributed by atoms with Crippen molar-refractivity contribution in [2.24, 2.45) is 0 Å². The van der Waals surface area contributed by atoms with Crippen LogP contribution < -0.4 is 19.9 Å². The van der Waals surface area contributed by atoms with E-state index in [1.54, 1.807) is 27.5 Å².